The molecule has 0 fully saturated rings. The Labute approximate surface area is 154 Å². The van der Waals surface area contributed by atoms with Gasteiger partial charge in [-0.2, -0.15) is 0 Å². The molecule has 2 N–H and O–H groups in total. The highest BCUT2D eigenvalue weighted by atomic mass is 16.5. The van der Waals surface area contributed by atoms with Crippen molar-refractivity contribution in [3.63, 3.8) is 0 Å². The lowest BCUT2D eigenvalue weighted by atomic mass is 10.1. The van der Waals surface area contributed by atoms with E-state index in [1.165, 1.54) is 13.2 Å². The van der Waals surface area contributed by atoms with Crippen LogP contribution in [0.1, 0.15) is 29.1 Å². The third-order valence-corrected chi connectivity index (χ3v) is 4.44. The second-order valence-electron chi connectivity index (χ2n) is 6.12. The van der Waals surface area contributed by atoms with Gasteiger partial charge in [0, 0.05) is 5.56 Å². The molecule has 0 aliphatic carbocycles. The number of aromatic nitrogens is 5. The van der Waals surface area contributed by atoms with Gasteiger partial charge in [-0.05, 0) is 37.3 Å². The molecule has 8 nitrogen and oxygen atoms in total. The molecule has 1 atom stereocenters. The van der Waals surface area contributed by atoms with E-state index in [1.54, 1.807) is 23.0 Å². The Kier molecular flexibility index (Phi) is 4.08. The van der Waals surface area contributed by atoms with Crippen LogP contribution in [0.15, 0.2) is 48.7 Å². The van der Waals surface area contributed by atoms with Crippen LogP contribution in [0.2, 0.25) is 0 Å². The standard InChI is InChI=1S/C19H17N5O3/c1-11(18-20-14-5-3-4-6-15(14)21-18)24-10-16(22-23-24)12-7-8-17(27-2)13(9-12)19(25)26/h3-11H,1-2H3,(H,20,21)(H,25,26). The Morgan fingerprint density at radius 3 is 2.81 bits per heavy atom. The summed E-state index contributed by atoms with van der Waals surface area (Å²) in [5.74, 6) is 0.0135. The van der Waals surface area contributed by atoms with Crippen LogP contribution in [0.4, 0.5) is 0 Å². The minimum Gasteiger partial charge on any atom is -0.496 e. The number of aromatic carboxylic acids is 1. The van der Waals surface area contributed by atoms with Crippen LogP contribution in [-0.2, 0) is 0 Å². The summed E-state index contributed by atoms with van der Waals surface area (Å²) in [6.07, 6.45) is 1.77. The first kappa shape index (κ1) is 16.8. The van der Waals surface area contributed by atoms with Crippen LogP contribution in [0.3, 0.4) is 0 Å². The SMILES string of the molecule is COc1ccc(-c2cn(C(C)c3nc4ccccc4[nH]3)nn2)cc1C(=O)O. The number of methoxy groups -OCH3 is 1. The summed E-state index contributed by atoms with van der Waals surface area (Å²) < 4.78 is 6.79. The number of fused-ring (bicyclic) bond motifs is 1. The Morgan fingerprint density at radius 2 is 2.07 bits per heavy atom. The van der Waals surface area contributed by atoms with Gasteiger partial charge in [0.05, 0.1) is 24.3 Å². The van der Waals surface area contributed by atoms with E-state index < -0.39 is 5.97 Å². The van der Waals surface area contributed by atoms with Gasteiger partial charge in [-0.1, -0.05) is 17.3 Å². The van der Waals surface area contributed by atoms with E-state index in [-0.39, 0.29) is 11.6 Å². The summed E-state index contributed by atoms with van der Waals surface area (Å²) in [6.45, 7) is 1.97. The fraction of sp³-hybridized carbons (Fsp3) is 0.158. The average Bonchev–Trinajstić information content (AvgIpc) is 3.34. The number of nitrogens with one attached hydrogen (secondary N) is 1. The maximum Gasteiger partial charge on any atom is 0.339 e. The summed E-state index contributed by atoms with van der Waals surface area (Å²) in [7, 11) is 1.44. The van der Waals surface area contributed by atoms with Gasteiger partial charge in [0.1, 0.15) is 28.9 Å². The maximum absolute atomic E-state index is 11.4. The predicted octanol–water partition coefficient (Wildman–Crippen LogP) is 3.14. The molecule has 4 rings (SSSR count). The number of imidazole rings is 1. The first-order valence-electron chi connectivity index (χ1n) is 8.35. The summed E-state index contributed by atoms with van der Waals surface area (Å²) in [6, 6.07) is 12.5. The average molecular weight is 363 g/mol. The number of rotatable bonds is 5. The van der Waals surface area contributed by atoms with Crippen molar-refractivity contribution in [2.45, 2.75) is 13.0 Å². The Balaban J connectivity index is 1.67. The van der Waals surface area contributed by atoms with Crippen molar-refractivity contribution in [2.75, 3.05) is 7.11 Å². The van der Waals surface area contributed by atoms with E-state index in [1.807, 2.05) is 31.2 Å². The molecule has 1 unspecified atom stereocenters. The van der Waals surface area contributed by atoms with Crippen LogP contribution in [-0.4, -0.2) is 43.1 Å². The molecule has 0 amide bonds. The van der Waals surface area contributed by atoms with Gasteiger partial charge in [-0.15, -0.1) is 5.10 Å². The van der Waals surface area contributed by atoms with Gasteiger partial charge in [-0.3, -0.25) is 0 Å². The quantitative estimate of drug-likeness (QED) is 0.564. The largest absolute Gasteiger partial charge is 0.496 e. The van der Waals surface area contributed by atoms with Crippen molar-refractivity contribution in [1.82, 2.24) is 25.0 Å². The van der Waals surface area contributed by atoms with Crippen molar-refractivity contribution in [2.24, 2.45) is 0 Å². The van der Waals surface area contributed by atoms with Crippen molar-refractivity contribution >= 4 is 17.0 Å². The molecule has 2 aromatic carbocycles. The topological polar surface area (TPSA) is 106 Å². The molecule has 2 heterocycles. The molecule has 27 heavy (non-hydrogen) atoms. The van der Waals surface area contributed by atoms with E-state index in [0.717, 1.165) is 16.9 Å². The second-order valence-corrected chi connectivity index (χ2v) is 6.12. The molecule has 2 aromatic heterocycles. The first-order valence-corrected chi connectivity index (χ1v) is 8.35. The monoisotopic (exact) mass is 363 g/mol. The maximum atomic E-state index is 11.4. The van der Waals surface area contributed by atoms with Crippen molar-refractivity contribution in [3.05, 3.63) is 60.0 Å². The number of hydrogen-bond acceptors (Lipinski definition) is 5. The number of carbonyl (C=O) groups is 1. The van der Waals surface area contributed by atoms with Crippen LogP contribution in [0, 0.1) is 0 Å². The Morgan fingerprint density at radius 1 is 1.26 bits per heavy atom. The Bertz CT molecular complexity index is 1100. The number of carboxylic acids is 1. The molecule has 0 bridgehead atoms. The number of carboxylic acid groups (broad SMARTS) is 1. The highest BCUT2D eigenvalue weighted by Crippen LogP contribution is 2.26. The molecule has 0 radical (unpaired) electrons. The second kappa shape index (κ2) is 6.56. The number of hydrogen-bond donors (Lipinski definition) is 2. The van der Waals surface area contributed by atoms with Gasteiger partial charge in [0.2, 0.25) is 0 Å². The number of para-hydroxylation sites is 2. The minimum absolute atomic E-state index is 0.0786. The number of ether oxygens (including phenoxy) is 1. The predicted molar refractivity (Wildman–Crippen MR) is 98.9 cm³/mol. The van der Waals surface area contributed by atoms with Crippen molar-refractivity contribution in [1.29, 1.82) is 0 Å². The van der Waals surface area contributed by atoms with E-state index in [0.29, 0.717) is 17.0 Å². The van der Waals surface area contributed by atoms with E-state index in [9.17, 15) is 9.90 Å². The molecule has 0 aliphatic heterocycles. The third-order valence-electron chi connectivity index (χ3n) is 4.44. The van der Waals surface area contributed by atoms with Crippen molar-refractivity contribution < 1.29 is 14.6 Å². The molecule has 0 saturated carbocycles. The molecule has 0 aliphatic rings. The summed E-state index contributed by atoms with van der Waals surface area (Å²) >= 11 is 0. The lowest BCUT2D eigenvalue weighted by Crippen LogP contribution is -2.09. The van der Waals surface area contributed by atoms with Crippen molar-refractivity contribution in [3.8, 4) is 17.0 Å². The molecular weight excluding hydrogens is 346 g/mol. The number of benzene rings is 2. The summed E-state index contributed by atoms with van der Waals surface area (Å²) in [5.41, 5.74) is 3.15. The third kappa shape index (κ3) is 3.01. The number of H-pyrrole nitrogens is 1. The lowest BCUT2D eigenvalue weighted by molar-refractivity contribution is 0.0693. The van der Waals surface area contributed by atoms with Crippen LogP contribution < -0.4 is 4.74 Å². The highest BCUT2D eigenvalue weighted by Gasteiger charge is 2.17. The minimum atomic E-state index is -1.06. The van der Waals surface area contributed by atoms with E-state index in [2.05, 4.69) is 20.3 Å². The fourth-order valence-electron chi connectivity index (χ4n) is 2.93. The van der Waals surface area contributed by atoms with Crippen LogP contribution in [0.5, 0.6) is 5.75 Å². The van der Waals surface area contributed by atoms with Gasteiger partial charge < -0.3 is 14.8 Å². The molecular formula is C19H17N5O3. The molecule has 0 spiro atoms. The first-order chi connectivity index (χ1) is 13.1. The summed E-state index contributed by atoms with van der Waals surface area (Å²) in [4.78, 5) is 19.3. The smallest absolute Gasteiger partial charge is 0.339 e. The molecule has 8 heteroatoms. The normalized spacial score (nSPS) is 12.2. The fourth-order valence-corrected chi connectivity index (χ4v) is 2.93. The number of nitrogens with zero attached hydrogens (tertiary/aromatic N) is 4. The van der Waals surface area contributed by atoms with E-state index >= 15 is 0 Å². The highest BCUT2D eigenvalue weighted by molar-refractivity contribution is 5.92. The molecule has 4 aromatic rings. The number of aromatic amines is 1. The zero-order valence-electron chi connectivity index (χ0n) is 14.7. The summed E-state index contributed by atoms with van der Waals surface area (Å²) in [5, 5.41) is 17.7. The van der Waals surface area contributed by atoms with Crippen LogP contribution in [0.25, 0.3) is 22.3 Å². The van der Waals surface area contributed by atoms with E-state index in [4.69, 9.17) is 4.74 Å². The van der Waals surface area contributed by atoms with Gasteiger partial charge in [0.15, 0.2) is 0 Å². The molecule has 136 valence electrons. The lowest BCUT2D eigenvalue weighted by Gasteiger charge is -2.07. The zero-order valence-corrected chi connectivity index (χ0v) is 14.7. The zero-order chi connectivity index (χ0) is 19.0. The van der Waals surface area contributed by atoms with Gasteiger partial charge in [-0.25, -0.2) is 14.5 Å². The van der Waals surface area contributed by atoms with Gasteiger partial charge in [0.25, 0.3) is 0 Å². The van der Waals surface area contributed by atoms with Crippen LogP contribution >= 0.6 is 0 Å². The Hall–Kier alpha value is -3.68. The molecule has 0 saturated heterocycles. The van der Waals surface area contributed by atoms with Gasteiger partial charge >= 0.3 is 5.97 Å².